The highest BCUT2D eigenvalue weighted by molar-refractivity contribution is 5.93. The summed E-state index contributed by atoms with van der Waals surface area (Å²) in [5.74, 6) is 7.22. The van der Waals surface area contributed by atoms with Gasteiger partial charge in [0.2, 0.25) is 0 Å². The van der Waals surface area contributed by atoms with Crippen LogP contribution in [0.5, 0.6) is 0 Å². The SMILES string of the molecule is CC#C[C@]1(O)[C@H](C)C[C@H]2[C@@H]3CCC4=CC(=O)CCC4=C3[C@@H](c3ccc(F)cc3)C[C@@]21C. The lowest BCUT2D eigenvalue weighted by Gasteiger charge is -2.54. The van der Waals surface area contributed by atoms with E-state index in [0.29, 0.717) is 18.3 Å². The lowest BCUT2D eigenvalue weighted by Crippen LogP contribution is -2.52. The zero-order valence-corrected chi connectivity index (χ0v) is 18.7. The minimum atomic E-state index is -1.01. The maximum Gasteiger partial charge on any atom is 0.156 e. The summed E-state index contributed by atoms with van der Waals surface area (Å²) in [4.78, 5) is 12.1. The Morgan fingerprint density at radius 3 is 2.61 bits per heavy atom. The monoisotopic (exact) mass is 418 g/mol. The first-order chi connectivity index (χ1) is 14.8. The van der Waals surface area contributed by atoms with E-state index in [4.69, 9.17) is 0 Å². The molecule has 0 unspecified atom stereocenters. The van der Waals surface area contributed by atoms with Crippen LogP contribution in [0.25, 0.3) is 0 Å². The molecular formula is C28H31FO2. The van der Waals surface area contributed by atoms with E-state index in [1.807, 2.05) is 25.1 Å². The van der Waals surface area contributed by atoms with Crippen LogP contribution in [0.2, 0.25) is 0 Å². The first-order valence-corrected chi connectivity index (χ1v) is 11.7. The molecule has 6 atom stereocenters. The van der Waals surface area contributed by atoms with Crippen LogP contribution < -0.4 is 0 Å². The minimum Gasteiger partial charge on any atom is -0.377 e. The van der Waals surface area contributed by atoms with E-state index in [2.05, 4.69) is 25.7 Å². The molecule has 1 aromatic carbocycles. The number of fused-ring (bicyclic) bond motifs is 4. The number of allylic oxidation sites excluding steroid dienone is 4. The van der Waals surface area contributed by atoms with E-state index in [1.54, 1.807) is 12.1 Å². The molecule has 0 bridgehead atoms. The molecule has 0 radical (unpaired) electrons. The van der Waals surface area contributed by atoms with Crippen LogP contribution in [0, 0.1) is 40.8 Å². The molecule has 31 heavy (non-hydrogen) atoms. The maximum atomic E-state index is 13.7. The molecule has 0 saturated heterocycles. The number of carbonyl (C=O) groups excluding carboxylic acids is 1. The van der Waals surface area contributed by atoms with Crippen LogP contribution in [0.4, 0.5) is 4.39 Å². The van der Waals surface area contributed by atoms with Crippen molar-refractivity contribution in [2.75, 3.05) is 0 Å². The summed E-state index contributed by atoms with van der Waals surface area (Å²) in [6, 6.07) is 6.90. The summed E-state index contributed by atoms with van der Waals surface area (Å²) in [5, 5.41) is 11.9. The second kappa shape index (κ2) is 7.17. The van der Waals surface area contributed by atoms with Gasteiger partial charge < -0.3 is 5.11 Å². The molecule has 162 valence electrons. The minimum absolute atomic E-state index is 0.109. The molecule has 4 aliphatic carbocycles. The molecule has 0 heterocycles. The standard InChI is InChI=1S/C28H31FO2/c1-4-13-28(31)17(2)14-25-23-11-7-19-15-21(30)10-12-22(19)26(23)24(16-27(25,28)3)18-5-8-20(29)9-6-18/h5-6,8-9,15,17,23-25,31H,7,10-12,14,16H2,1-3H3/t17-,23+,24-,25+,27+,28+/m1/s1. The Kier molecular flexibility index (Phi) is 4.79. The summed E-state index contributed by atoms with van der Waals surface area (Å²) < 4.78 is 13.7. The third kappa shape index (κ3) is 2.91. The van der Waals surface area contributed by atoms with Gasteiger partial charge in [-0.05, 0) is 91.7 Å². The maximum absolute atomic E-state index is 13.7. The number of benzene rings is 1. The highest BCUT2D eigenvalue weighted by Gasteiger charge is 2.65. The molecule has 0 aliphatic heterocycles. The van der Waals surface area contributed by atoms with Crippen LogP contribution in [0.15, 0.2) is 47.1 Å². The Morgan fingerprint density at radius 1 is 1.16 bits per heavy atom. The quantitative estimate of drug-likeness (QED) is 0.592. The lowest BCUT2D eigenvalue weighted by atomic mass is 9.51. The van der Waals surface area contributed by atoms with Crippen LogP contribution in [-0.4, -0.2) is 16.5 Å². The Balaban J connectivity index is 1.71. The molecule has 0 aromatic heterocycles. The summed E-state index contributed by atoms with van der Waals surface area (Å²) in [7, 11) is 0. The molecule has 1 N–H and O–H groups in total. The fraction of sp³-hybridized carbons (Fsp3) is 0.536. The fourth-order valence-corrected chi connectivity index (χ4v) is 7.45. The Hall–Kier alpha value is -2.18. The van der Waals surface area contributed by atoms with E-state index in [1.165, 1.54) is 16.7 Å². The lowest BCUT2D eigenvalue weighted by molar-refractivity contribution is -0.114. The highest BCUT2D eigenvalue weighted by atomic mass is 19.1. The number of carbonyl (C=O) groups is 1. The third-order valence-corrected chi connectivity index (χ3v) is 8.90. The van der Waals surface area contributed by atoms with Gasteiger partial charge in [-0.15, -0.1) is 5.92 Å². The van der Waals surface area contributed by atoms with Crippen molar-refractivity contribution < 1.29 is 14.3 Å². The van der Waals surface area contributed by atoms with E-state index in [9.17, 15) is 14.3 Å². The van der Waals surface area contributed by atoms with Crippen molar-refractivity contribution in [3.05, 3.63) is 58.4 Å². The number of hydrogen-bond donors (Lipinski definition) is 1. The molecule has 3 heteroatoms. The van der Waals surface area contributed by atoms with E-state index < -0.39 is 5.60 Å². The van der Waals surface area contributed by atoms with Gasteiger partial charge in [0.05, 0.1) is 0 Å². The van der Waals surface area contributed by atoms with Gasteiger partial charge in [0.15, 0.2) is 5.78 Å². The van der Waals surface area contributed by atoms with Crippen molar-refractivity contribution in [2.45, 2.75) is 70.8 Å². The fourth-order valence-electron chi connectivity index (χ4n) is 7.45. The Labute approximate surface area is 184 Å². The van der Waals surface area contributed by atoms with Crippen molar-refractivity contribution >= 4 is 5.78 Å². The van der Waals surface area contributed by atoms with Gasteiger partial charge in [-0.2, -0.15) is 0 Å². The number of aliphatic hydroxyl groups is 1. The van der Waals surface area contributed by atoms with Crippen LogP contribution in [0.1, 0.15) is 70.8 Å². The predicted octanol–water partition coefficient (Wildman–Crippen LogP) is 5.73. The average Bonchev–Trinajstić information content (AvgIpc) is 2.94. The van der Waals surface area contributed by atoms with Gasteiger partial charge >= 0.3 is 0 Å². The van der Waals surface area contributed by atoms with E-state index in [0.717, 1.165) is 37.7 Å². The molecule has 4 aliphatic rings. The number of halogens is 1. The largest absolute Gasteiger partial charge is 0.377 e. The van der Waals surface area contributed by atoms with Crippen molar-refractivity contribution in [2.24, 2.45) is 23.2 Å². The van der Waals surface area contributed by atoms with Gasteiger partial charge in [-0.3, -0.25) is 4.79 Å². The molecule has 2 saturated carbocycles. The molecule has 0 amide bonds. The van der Waals surface area contributed by atoms with Gasteiger partial charge in [-0.1, -0.05) is 37.5 Å². The molecule has 1 aromatic rings. The average molecular weight is 419 g/mol. The van der Waals surface area contributed by atoms with Gasteiger partial charge in [0.1, 0.15) is 11.4 Å². The van der Waals surface area contributed by atoms with Crippen LogP contribution in [0.3, 0.4) is 0 Å². The molecule has 2 fully saturated rings. The normalized spacial score (nSPS) is 39.1. The predicted molar refractivity (Wildman–Crippen MR) is 120 cm³/mol. The van der Waals surface area contributed by atoms with Crippen molar-refractivity contribution in [3.8, 4) is 11.8 Å². The zero-order valence-electron chi connectivity index (χ0n) is 18.7. The van der Waals surface area contributed by atoms with E-state index >= 15 is 0 Å². The number of rotatable bonds is 1. The molecule has 0 spiro atoms. The topological polar surface area (TPSA) is 37.3 Å². The third-order valence-electron chi connectivity index (χ3n) is 8.90. The van der Waals surface area contributed by atoms with Crippen LogP contribution in [-0.2, 0) is 4.79 Å². The molecule has 5 rings (SSSR count). The summed E-state index contributed by atoms with van der Waals surface area (Å²) >= 11 is 0. The van der Waals surface area contributed by atoms with Crippen molar-refractivity contribution in [1.82, 2.24) is 0 Å². The summed E-state index contributed by atoms with van der Waals surface area (Å²) in [5.41, 5.74) is 3.82. The summed E-state index contributed by atoms with van der Waals surface area (Å²) in [6.07, 6.45) is 6.98. The number of ketones is 1. The van der Waals surface area contributed by atoms with Crippen molar-refractivity contribution in [1.29, 1.82) is 0 Å². The first-order valence-electron chi connectivity index (χ1n) is 11.7. The van der Waals surface area contributed by atoms with Gasteiger partial charge in [0, 0.05) is 17.8 Å². The number of hydrogen-bond acceptors (Lipinski definition) is 2. The van der Waals surface area contributed by atoms with Gasteiger partial charge in [-0.25, -0.2) is 4.39 Å². The Morgan fingerprint density at radius 2 is 1.90 bits per heavy atom. The summed E-state index contributed by atoms with van der Waals surface area (Å²) in [6.45, 7) is 6.19. The second-order valence-corrected chi connectivity index (χ2v) is 10.3. The van der Waals surface area contributed by atoms with Gasteiger partial charge in [0.25, 0.3) is 0 Å². The van der Waals surface area contributed by atoms with Crippen LogP contribution >= 0.6 is 0 Å². The smallest absolute Gasteiger partial charge is 0.156 e. The Bertz CT molecular complexity index is 1050. The second-order valence-electron chi connectivity index (χ2n) is 10.3. The highest BCUT2D eigenvalue weighted by Crippen LogP contribution is 2.67. The first kappa shape index (κ1) is 20.7. The van der Waals surface area contributed by atoms with E-state index in [-0.39, 0.29) is 28.9 Å². The van der Waals surface area contributed by atoms with Crippen molar-refractivity contribution in [3.63, 3.8) is 0 Å². The zero-order chi connectivity index (χ0) is 22.0. The molecular weight excluding hydrogens is 387 g/mol. The molecule has 2 nitrogen and oxygen atoms in total.